The van der Waals surface area contributed by atoms with Gasteiger partial charge in [-0.3, -0.25) is 9.80 Å². The second-order valence-electron chi connectivity index (χ2n) is 10.8. The van der Waals surface area contributed by atoms with Gasteiger partial charge in [-0.25, -0.2) is 9.59 Å². The van der Waals surface area contributed by atoms with E-state index in [1.165, 1.54) is 4.90 Å². The number of carbonyl (C=O) groups is 2. The van der Waals surface area contributed by atoms with Gasteiger partial charge in [0.15, 0.2) is 0 Å². The highest BCUT2D eigenvalue weighted by Gasteiger charge is 2.47. The Morgan fingerprint density at radius 3 is 2.10 bits per heavy atom. The van der Waals surface area contributed by atoms with Crippen molar-refractivity contribution >= 4 is 17.9 Å². The van der Waals surface area contributed by atoms with E-state index in [1.807, 2.05) is 12.1 Å². The molecule has 2 aromatic rings. The van der Waals surface area contributed by atoms with E-state index in [1.54, 1.807) is 11.8 Å². The highest BCUT2D eigenvalue weighted by molar-refractivity contribution is 5.91. The molecule has 0 unspecified atom stereocenters. The molecule has 2 aromatic carbocycles. The zero-order valence-electron chi connectivity index (χ0n) is 22.6. The van der Waals surface area contributed by atoms with Gasteiger partial charge >= 0.3 is 24.5 Å². The normalized spacial score (nSPS) is 20.3. The predicted molar refractivity (Wildman–Crippen MR) is 136 cm³/mol. The van der Waals surface area contributed by atoms with Crippen LogP contribution in [-0.2, 0) is 41.2 Å². The number of fused-ring (bicyclic) bond motifs is 2. The quantitative estimate of drug-likeness (QED) is 0.339. The summed E-state index contributed by atoms with van der Waals surface area (Å²) in [6.07, 6.45) is -7.07. The molecule has 2 amide bonds. The second-order valence-corrected chi connectivity index (χ2v) is 10.8. The molecule has 2 aliphatic carbocycles. The van der Waals surface area contributed by atoms with Crippen molar-refractivity contribution in [3.05, 3.63) is 63.7 Å². The third-order valence-corrected chi connectivity index (χ3v) is 8.07. The Morgan fingerprint density at radius 1 is 0.951 bits per heavy atom. The molecular formula is C29H30F6N2O4. The van der Waals surface area contributed by atoms with Gasteiger partial charge in [0.05, 0.1) is 36.6 Å². The Balaban J connectivity index is 1.63. The second kappa shape index (κ2) is 10.8. The molecule has 5 rings (SSSR count). The molecule has 0 saturated heterocycles. The van der Waals surface area contributed by atoms with Crippen LogP contribution < -0.4 is 4.90 Å². The summed E-state index contributed by atoms with van der Waals surface area (Å²) in [5.74, 6) is 0.119. The fourth-order valence-corrected chi connectivity index (χ4v) is 6.08. The Bertz CT molecular complexity index is 1310. The predicted octanol–water partition coefficient (Wildman–Crippen LogP) is 7.67. The molecule has 0 aromatic heterocycles. The maximum atomic E-state index is 13.6. The largest absolute Gasteiger partial charge is 0.453 e. The molecule has 2 atom stereocenters. The van der Waals surface area contributed by atoms with Crippen LogP contribution in [0, 0.1) is 5.92 Å². The number of halogens is 6. The number of hydrogen-bond acceptors (Lipinski definition) is 4. The van der Waals surface area contributed by atoms with E-state index in [-0.39, 0.29) is 36.6 Å². The van der Waals surface area contributed by atoms with Gasteiger partial charge in [-0.2, -0.15) is 26.3 Å². The fourth-order valence-electron chi connectivity index (χ4n) is 6.08. The van der Waals surface area contributed by atoms with E-state index >= 15 is 0 Å². The SMILES string of the molecule is CCOC(=O)N1c2cc3c(cc2[C@H](N(Cc2cc(C(F)(F)F)cc(C(F)(F)F)c2)C(=O)OC)C[C@@H]1C1CC1)CCC3. The van der Waals surface area contributed by atoms with Gasteiger partial charge in [0.25, 0.3) is 0 Å². The van der Waals surface area contributed by atoms with Crippen LogP contribution in [0.5, 0.6) is 0 Å². The number of nitrogens with zero attached hydrogens (tertiary/aromatic N) is 2. The molecule has 222 valence electrons. The first kappa shape index (κ1) is 29.1. The molecule has 0 spiro atoms. The molecule has 1 saturated carbocycles. The first-order valence-corrected chi connectivity index (χ1v) is 13.6. The first-order valence-electron chi connectivity index (χ1n) is 13.6. The molecule has 0 bridgehead atoms. The average Bonchev–Trinajstić information content (AvgIpc) is 3.66. The third kappa shape index (κ3) is 5.83. The molecule has 0 N–H and O–H groups in total. The van der Waals surface area contributed by atoms with Crippen molar-refractivity contribution in [2.45, 2.75) is 76.4 Å². The van der Waals surface area contributed by atoms with Crippen molar-refractivity contribution in [3.8, 4) is 0 Å². The zero-order chi connectivity index (χ0) is 29.7. The van der Waals surface area contributed by atoms with Gasteiger partial charge in [-0.05, 0) is 97.9 Å². The number of methoxy groups -OCH3 is 1. The van der Waals surface area contributed by atoms with Gasteiger partial charge in [-0.1, -0.05) is 6.07 Å². The molecule has 1 heterocycles. The molecule has 1 fully saturated rings. The Labute approximate surface area is 233 Å². The number of ether oxygens (including phenoxy) is 2. The first-order chi connectivity index (χ1) is 19.3. The molecule has 6 nitrogen and oxygen atoms in total. The van der Waals surface area contributed by atoms with Crippen LogP contribution >= 0.6 is 0 Å². The van der Waals surface area contributed by atoms with Crippen LogP contribution in [0.2, 0.25) is 0 Å². The minimum absolute atomic E-state index is 0.0610. The monoisotopic (exact) mass is 584 g/mol. The molecule has 0 radical (unpaired) electrons. The summed E-state index contributed by atoms with van der Waals surface area (Å²) >= 11 is 0. The van der Waals surface area contributed by atoms with Crippen molar-refractivity contribution in [3.63, 3.8) is 0 Å². The maximum absolute atomic E-state index is 13.6. The van der Waals surface area contributed by atoms with Crippen molar-refractivity contribution in [2.24, 2.45) is 5.92 Å². The summed E-state index contributed by atoms with van der Waals surface area (Å²) in [5.41, 5.74) is -0.0285. The summed E-state index contributed by atoms with van der Waals surface area (Å²) < 4.78 is 91.9. The van der Waals surface area contributed by atoms with Crippen molar-refractivity contribution in [1.82, 2.24) is 4.90 Å². The number of benzene rings is 2. The highest BCUT2D eigenvalue weighted by atomic mass is 19.4. The van der Waals surface area contributed by atoms with Gasteiger partial charge in [0.1, 0.15) is 0 Å². The number of anilines is 1. The lowest BCUT2D eigenvalue weighted by atomic mass is 9.86. The Kier molecular flexibility index (Phi) is 7.63. The lowest BCUT2D eigenvalue weighted by Crippen LogP contribution is -2.50. The van der Waals surface area contributed by atoms with Gasteiger partial charge in [0.2, 0.25) is 0 Å². The van der Waals surface area contributed by atoms with Crippen LogP contribution in [0.1, 0.15) is 72.0 Å². The van der Waals surface area contributed by atoms with E-state index in [4.69, 9.17) is 9.47 Å². The number of carbonyl (C=O) groups excluding carboxylic acids is 2. The minimum Gasteiger partial charge on any atom is -0.453 e. The Morgan fingerprint density at radius 2 is 1.56 bits per heavy atom. The summed E-state index contributed by atoms with van der Waals surface area (Å²) in [6.45, 7) is 1.29. The molecule has 41 heavy (non-hydrogen) atoms. The highest BCUT2D eigenvalue weighted by Crippen LogP contribution is 2.50. The summed E-state index contributed by atoms with van der Waals surface area (Å²) in [6, 6.07) is 4.00. The standard InChI is InChI=1S/C29H30F6N2O4/c1-3-41-27(39)37-23(17-7-8-17)14-24(22-11-18-5-4-6-19(18)12-25(22)37)36(26(38)40-2)15-16-9-20(28(30,31)32)13-21(10-16)29(33,34)35/h9-13,17,23-24H,3-8,14-15H2,1-2H3/t23-,24-/m1/s1. The zero-order valence-corrected chi connectivity index (χ0v) is 22.6. The third-order valence-electron chi connectivity index (χ3n) is 8.07. The number of rotatable bonds is 5. The number of aryl methyl sites for hydroxylation is 2. The van der Waals surface area contributed by atoms with Gasteiger partial charge in [-0.15, -0.1) is 0 Å². The van der Waals surface area contributed by atoms with Crippen molar-refractivity contribution in [1.29, 1.82) is 0 Å². The lowest BCUT2D eigenvalue weighted by Gasteiger charge is -2.44. The number of amides is 2. The lowest BCUT2D eigenvalue weighted by molar-refractivity contribution is -0.143. The van der Waals surface area contributed by atoms with E-state index in [9.17, 15) is 35.9 Å². The van der Waals surface area contributed by atoms with E-state index < -0.39 is 48.3 Å². The van der Waals surface area contributed by atoms with Crippen molar-refractivity contribution < 1.29 is 45.4 Å². The molecular weight excluding hydrogens is 554 g/mol. The summed E-state index contributed by atoms with van der Waals surface area (Å²) in [4.78, 5) is 29.2. The maximum Gasteiger partial charge on any atom is 0.416 e. The number of alkyl halides is 6. The number of hydrogen-bond donors (Lipinski definition) is 0. The van der Waals surface area contributed by atoms with Gasteiger partial charge in [0, 0.05) is 12.6 Å². The molecule has 3 aliphatic rings. The summed E-state index contributed by atoms with van der Waals surface area (Å²) in [7, 11) is 1.11. The van der Waals surface area contributed by atoms with Crippen LogP contribution in [0.3, 0.4) is 0 Å². The van der Waals surface area contributed by atoms with Crippen molar-refractivity contribution in [2.75, 3.05) is 18.6 Å². The minimum atomic E-state index is -5.03. The van der Waals surface area contributed by atoms with Crippen LogP contribution in [-0.4, -0.2) is 36.8 Å². The van der Waals surface area contributed by atoms with E-state index in [2.05, 4.69) is 0 Å². The van der Waals surface area contributed by atoms with Gasteiger partial charge < -0.3 is 9.47 Å². The Hall–Kier alpha value is -3.44. The molecule has 12 heteroatoms. The topological polar surface area (TPSA) is 59.1 Å². The average molecular weight is 585 g/mol. The van der Waals surface area contributed by atoms with E-state index in [0.29, 0.717) is 23.4 Å². The van der Waals surface area contributed by atoms with Crippen LogP contribution in [0.4, 0.5) is 41.6 Å². The van der Waals surface area contributed by atoms with E-state index in [0.717, 1.165) is 50.3 Å². The molecule has 1 aliphatic heterocycles. The van der Waals surface area contributed by atoms with Crippen LogP contribution in [0.25, 0.3) is 0 Å². The fraction of sp³-hybridized carbons (Fsp3) is 0.517. The summed E-state index contributed by atoms with van der Waals surface area (Å²) in [5, 5.41) is 0. The smallest absolute Gasteiger partial charge is 0.416 e. The van der Waals surface area contributed by atoms with Crippen LogP contribution in [0.15, 0.2) is 30.3 Å².